The predicted molar refractivity (Wildman–Crippen MR) is 91.3 cm³/mol. The first-order chi connectivity index (χ1) is 12.1. The van der Waals surface area contributed by atoms with Crippen LogP contribution in [0.25, 0.3) is 11.0 Å². The third-order valence-electron chi connectivity index (χ3n) is 4.34. The van der Waals surface area contributed by atoms with Gasteiger partial charge >= 0.3 is 0 Å². The van der Waals surface area contributed by atoms with Crippen LogP contribution in [0.2, 0.25) is 0 Å². The molecule has 130 valence electrons. The Bertz CT molecular complexity index is 891. The summed E-state index contributed by atoms with van der Waals surface area (Å²) >= 11 is 0. The molecule has 7 nitrogen and oxygen atoms in total. The molecular weight excluding hydrogens is 320 g/mol. The number of hydrogen-bond donors (Lipinski definition) is 0. The molecular formula is C18H20N4O3. The highest BCUT2D eigenvalue weighted by molar-refractivity contribution is 5.92. The van der Waals surface area contributed by atoms with Gasteiger partial charge in [-0.2, -0.15) is 0 Å². The van der Waals surface area contributed by atoms with Crippen LogP contribution in [-0.4, -0.2) is 50.8 Å². The summed E-state index contributed by atoms with van der Waals surface area (Å²) in [5, 5.41) is 3.96. The molecule has 1 saturated heterocycles. The van der Waals surface area contributed by atoms with Crippen molar-refractivity contribution in [3.05, 3.63) is 48.1 Å². The Hall–Kier alpha value is -2.67. The van der Waals surface area contributed by atoms with Crippen molar-refractivity contribution in [1.82, 2.24) is 19.6 Å². The largest absolute Gasteiger partial charge is 0.372 e. The minimum absolute atomic E-state index is 0.0244. The number of aromatic nitrogens is 3. The van der Waals surface area contributed by atoms with Crippen molar-refractivity contribution in [1.29, 1.82) is 0 Å². The summed E-state index contributed by atoms with van der Waals surface area (Å²) < 4.78 is 13.0. The summed E-state index contributed by atoms with van der Waals surface area (Å²) in [6.45, 7) is 5.55. The monoisotopic (exact) mass is 340 g/mol. The molecule has 1 aliphatic rings. The average Bonchev–Trinajstić information content (AvgIpc) is 3.21. The molecule has 1 fully saturated rings. The molecule has 0 spiro atoms. The topological polar surface area (TPSA) is 73.4 Å². The second kappa shape index (κ2) is 6.33. The summed E-state index contributed by atoms with van der Waals surface area (Å²) in [6, 6.07) is 9.59. The minimum atomic E-state index is -0.118. The second-order valence-electron chi connectivity index (χ2n) is 6.51. The van der Waals surface area contributed by atoms with Gasteiger partial charge in [-0.25, -0.2) is 4.98 Å². The smallest absolute Gasteiger partial charge is 0.276 e. The first-order valence-electron chi connectivity index (χ1n) is 8.40. The predicted octanol–water partition coefficient (Wildman–Crippen LogP) is 2.32. The van der Waals surface area contributed by atoms with Gasteiger partial charge in [0.2, 0.25) is 0 Å². The van der Waals surface area contributed by atoms with Crippen LogP contribution in [0.3, 0.4) is 0 Å². The second-order valence-corrected chi connectivity index (χ2v) is 6.51. The van der Waals surface area contributed by atoms with Crippen molar-refractivity contribution >= 4 is 16.9 Å². The van der Waals surface area contributed by atoms with Gasteiger partial charge in [0.05, 0.1) is 36.1 Å². The maximum atomic E-state index is 12.6. The lowest BCUT2D eigenvalue weighted by Crippen LogP contribution is -2.48. The molecule has 3 heterocycles. The molecule has 25 heavy (non-hydrogen) atoms. The number of morpholine rings is 1. The summed E-state index contributed by atoms with van der Waals surface area (Å²) in [5.41, 5.74) is 2.28. The zero-order valence-electron chi connectivity index (χ0n) is 14.3. The molecule has 0 radical (unpaired) electrons. The van der Waals surface area contributed by atoms with E-state index in [0.29, 0.717) is 31.1 Å². The van der Waals surface area contributed by atoms with Crippen LogP contribution in [0.15, 0.2) is 41.2 Å². The number of carbonyl (C=O) groups excluding carboxylic acids is 1. The van der Waals surface area contributed by atoms with Gasteiger partial charge in [0.15, 0.2) is 11.5 Å². The Morgan fingerprint density at radius 3 is 2.80 bits per heavy atom. The van der Waals surface area contributed by atoms with Gasteiger partial charge in [-0.05, 0) is 26.0 Å². The molecule has 0 aliphatic carbocycles. The molecule has 4 rings (SSSR count). The number of amides is 1. The minimum Gasteiger partial charge on any atom is -0.372 e. The average molecular weight is 340 g/mol. The van der Waals surface area contributed by atoms with Crippen LogP contribution in [0.1, 0.15) is 30.1 Å². The number of carbonyl (C=O) groups is 1. The molecule has 1 amide bonds. The number of ether oxygens (including phenoxy) is 1. The van der Waals surface area contributed by atoms with E-state index in [1.165, 1.54) is 0 Å². The van der Waals surface area contributed by atoms with Crippen molar-refractivity contribution in [3.8, 4) is 0 Å². The number of para-hydroxylation sites is 2. The van der Waals surface area contributed by atoms with Crippen molar-refractivity contribution in [2.45, 2.75) is 32.6 Å². The molecule has 2 atom stereocenters. The lowest BCUT2D eigenvalue weighted by molar-refractivity contribution is -0.0588. The van der Waals surface area contributed by atoms with Gasteiger partial charge < -0.3 is 18.7 Å². The van der Waals surface area contributed by atoms with Crippen molar-refractivity contribution < 1.29 is 14.1 Å². The van der Waals surface area contributed by atoms with Crippen LogP contribution >= 0.6 is 0 Å². The van der Waals surface area contributed by atoms with E-state index in [1.807, 2.05) is 42.7 Å². The molecule has 0 unspecified atom stereocenters. The van der Waals surface area contributed by atoms with E-state index in [0.717, 1.165) is 11.0 Å². The molecule has 0 bridgehead atoms. The Morgan fingerprint density at radius 1 is 1.24 bits per heavy atom. The standard InChI is InChI=1S/C18H20N4O3/c1-12-8-21(9-13(2)24-12)18(23)16-7-14(25-20-16)10-22-11-19-15-5-3-4-6-17(15)22/h3-7,11-13H,8-10H2,1-2H3/t12-,13+. The fraction of sp³-hybridized carbons (Fsp3) is 0.389. The van der Waals surface area contributed by atoms with E-state index in [9.17, 15) is 4.79 Å². The lowest BCUT2D eigenvalue weighted by atomic mass is 10.2. The maximum absolute atomic E-state index is 12.6. The van der Waals surface area contributed by atoms with Gasteiger partial charge in [0.25, 0.3) is 5.91 Å². The van der Waals surface area contributed by atoms with Gasteiger partial charge in [-0.1, -0.05) is 17.3 Å². The van der Waals surface area contributed by atoms with Gasteiger partial charge in [0, 0.05) is 19.2 Å². The van der Waals surface area contributed by atoms with Crippen LogP contribution < -0.4 is 0 Å². The Balaban J connectivity index is 1.51. The molecule has 1 aromatic carbocycles. The maximum Gasteiger partial charge on any atom is 0.276 e. The van der Waals surface area contributed by atoms with Crippen molar-refractivity contribution in [2.75, 3.05) is 13.1 Å². The highest BCUT2D eigenvalue weighted by Crippen LogP contribution is 2.17. The number of nitrogens with zero attached hydrogens (tertiary/aromatic N) is 4. The molecule has 2 aromatic heterocycles. The van der Waals surface area contributed by atoms with E-state index in [2.05, 4.69) is 10.1 Å². The fourth-order valence-electron chi connectivity index (χ4n) is 3.30. The lowest BCUT2D eigenvalue weighted by Gasteiger charge is -2.34. The number of rotatable bonds is 3. The fourth-order valence-corrected chi connectivity index (χ4v) is 3.30. The van der Waals surface area contributed by atoms with Gasteiger partial charge in [-0.15, -0.1) is 0 Å². The summed E-state index contributed by atoms with van der Waals surface area (Å²) in [5.74, 6) is 0.508. The summed E-state index contributed by atoms with van der Waals surface area (Å²) in [6.07, 6.45) is 1.81. The quantitative estimate of drug-likeness (QED) is 0.731. The van der Waals surface area contributed by atoms with E-state index >= 15 is 0 Å². The van der Waals surface area contributed by atoms with Crippen LogP contribution in [-0.2, 0) is 11.3 Å². The number of hydrogen-bond acceptors (Lipinski definition) is 5. The number of fused-ring (bicyclic) bond motifs is 1. The summed E-state index contributed by atoms with van der Waals surface area (Å²) in [4.78, 5) is 18.8. The van der Waals surface area contributed by atoms with E-state index in [1.54, 1.807) is 17.3 Å². The summed E-state index contributed by atoms with van der Waals surface area (Å²) in [7, 11) is 0. The molecule has 1 aliphatic heterocycles. The Morgan fingerprint density at radius 2 is 2.00 bits per heavy atom. The SMILES string of the molecule is C[C@@H]1CN(C(=O)c2cc(Cn3cnc4ccccc43)on2)C[C@H](C)O1. The van der Waals surface area contributed by atoms with Crippen LogP contribution in [0.4, 0.5) is 0 Å². The van der Waals surface area contributed by atoms with Crippen molar-refractivity contribution in [2.24, 2.45) is 0 Å². The third kappa shape index (κ3) is 3.15. The van der Waals surface area contributed by atoms with E-state index < -0.39 is 0 Å². The Kier molecular flexibility index (Phi) is 4.01. The zero-order valence-corrected chi connectivity index (χ0v) is 14.3. The van der Waals surface area contributed by atoms with Crippen LogP contribution in [0.5, 0.6) is 0 Å². The van der Waals surface area contributed by atoms with Crippen molar-refractivity contribution in [3.63, 3.8) is 0 Å². The number of imidazole rings is 1. The normalized spacial score (nSPS) is 21.0. The molecule has 3 aromatic rings. The van der Waals surface area contributed by atoms with E-state index in [4.69, 9.17) is 9.26 Å². The number of benzene rings is 1. The van der Waals surface area contributed by atoms with Crippen LogP contribution in [0, 0.1) is 0 Å². The Labute approximate surface area is 145 Å². The third-order valence-corrected chi connectivity index (χ3v) is 4.34. The van der Waals surface area contributed by atoms with E-state index in [-0.39, 0.29) is 18.1 Å². The zero-order chi connectivity index (χ0) is 17.4. The first-order valence-corrected chi connectivity index (χ1v) is 8.40. The van der Waals surface area contributed by atoms with Gasteiger partial charge in [0.1, 0.15) is 0 Å². The van der Waals surface area contributed by atoms with Gasteiger partial charge in [-0.3, -0.25) is 4.79 Å². The molecule has 7 heteroatoms. The molecule has 0 saturated carbocycles. The highest BCUT2D eigenvalue weighted by atomic mass is 16.5. The highest BCUT2D eigenvalue weighted by Gasteiger charge is 2.28. The molecule has 0 N–H and O–H groups in total. The first kappa shape index (κ1) is 15.8.